The van der Waals surface area contributed by atoms with Crippen LogP contribution in [0.5, 0.6) is 5.88 Å². The zero-order valence-electron chi connectivity index (χ0n) is 12.3. The molecular weight excluding hydrogens is 262 g/mol. The van der Waals surface area contributed by atoms with Crippen LogP contribution in [0.15, 0.2) is 6.07 Å². The Balaban J connectivity index is 2.08. The van der Waals surface area contributed by atoms with Crippen molar-refractivity contribution < 1.29 is 18.9 Å². The van der Waals surface area contributed by atoms with Crippen LogP contribution in [0.1, 0.15) is 5.82 Å². The number of anilines is 1. The van der Waals surface area contributed by atoms with Gasteiger partial charge in [-0.15, -0.1) is 0 Å². The number of hydrogen-bond donors (Lipinski definition) is 1. The van der Waals surface area contributed by atoms with Gasteiger partial charge in [-0.25, -0.2) is 4.98 Å². The number of ether oxygens (including phenoxy) is 4. The smallest absolute Gasteiger partial charge is 0.218 e. The van der Waals surface area contributed by atoms with Gasteiger partial charge >= 0.3 is 0 Å². The Morgan fingerprint density at radius 3 is 2.30 bits per heavy atom. The topological polar surface area (TPSA) is 74.7 Å². The summed E-state index contributed by atoms with van der Waals surface area (Å²) in [7, 11) is 3.45. The molecule has 0 aliphatic heterocycles. The maximum atomic E-state index is 5.50. The Kier molecular flexibility index (Phi) is 8.61. The molecule has 0 saturated carbocycles. The van der Waals surface area contributed by atoms with Crippen LogP contribution < -0.4 is 10.1 Å². The third kappa shape index (κ3) is 7.22. The van der Waals surface area contributed by atoms with E-state index in [1.54, 1.807) is 20.2 Å². The van der Waals surface area contributed by atoms with Crippen LogP contribution in [0.3, 0.4) is 0 Å². The predicted molar refractivity (Wildman–Crippen MR) is 75.3 cm³/mol. The number of nitrogens with one attached hydrogen (secondary N) is 1. The second kappa shape index (κ2) is 10.4. The molecule has 1 N–H and O–H groups in total. The van der Waals surface area contributed by atoms with Crippen molar-refractivity contribution in [2.75, 3.05) is 59.1 Å². The second-order valence-corrected chi connectivity index (χ2v) is 3.95. The van der Waals surface area contributed by atoms with Crippen LogP contribution in [-0.4, -0.2) is 63.8 Å². The Bertz CT molecular complexity index is 377. The first kappa shape index (κ1) is 16.6. The summed E-state index contributed by atoms with van der Waals surface area (Å²) in [5.41, 5.74) is 0. The fourth-order valence-electron chi connectivity index (χ4n) is 1.41. The largest absolute Gasteiger partial charge is 0.475 e. The molecule has 0 amide bonds. The zero-order chi connectivity index (χ0) is 14.6. The molecule has 1 aromatic heterocycles. The van der Waals surface area contributed by atoms with Crippen molar-refractivity contribution >= 4 is 5.82 Å². The summed E-state index contributed by atoms with van der Waals surface area (Å²) < 4.78 is 21.0. The van der Waals surface area contributed by atoms with E-state index in [-0.39, 0.29) is 0 Å². The van der Waals surface area contributed by atoms with Gasteiger partial charge in [0.2, 0.25) is 5.88 Å². The highest BCUT2D eigenvalue weighted by molar-refractivity contribution is 5.37. The monoisotopic (exact) mass is 285 g/mol. The van der Waals surface area contributed by atoms with E-state index in [0.29, 0.717) is 51.3 Å². The van der Waals surface area contributed by atoms with Crippen LogP contribution in [0.2, 0.25) is 0 Å². The second-order valence-electron chi connectivity index (χ2n) is 3.95. The van der Waals surface area contributed by atoms with Crippen LogP contribution in [0, 0.1) is 6.92 Å². The molecule has 0 aliphatic carbocycles. The SMILES string of the molecule is CNc1cc(OCCOCCOCCOC)nc(C)n1. The highest BCUT2D eigenvalue weighted by atomic mass is 16.6. The third-order valence-corrected chi connectivity index (χ3v) is 2.35. The first-order valence-electron chi connectivity index (χ1n) is 6.57. The maximum absolute atomic E-state index is 5.50. The van der Waals surface area contributed by atoms with Crippen LogP contribution in [0.25, 0.3) is 0 Å². The summed E-state index contributed by atoms with van der Waals surface area (Å²) in [4.78, 5) is 8.37. The quantitative estimate of drug-likeness (QED) is 0.605. The van der Waals surface area contributed by atoms with Crippen molar-refractivity contribution in [2.45, 2.75) is 6.92 Å². The summed E-state index contributed by atoms with van der Waals surface area (Å²) in [6.45, 7) is 5.04. The Morgan fingerprint density at radius 2 is 1.65 bits per heavy atom. The third-order valence-electron chi connectivity index (χ3n) is 2.35. The Labute approximate surface area is 119 Å². The van der Waals surface area contributed by atoms with Crippen molar-refractivity contribution in [3.63, 3.8) is 0 Å². The van der Waals surface area contributed by atoms with Gasteiger partial charge in [-0.2, -0.15) is 4.98 Å². The summed E-state index contributed by atoms with van der Waals surface area (Å²) in [6, 6.07) is 1.75. The molecule has 0 radical (unpaired) electrons. The van der Waals surface area contributed by atoms with Gasteiger partial charge in [0.1, 0.15) is 18.2 Å². The molecule has 7 nitrogen and oxygen atoms in total. The van der Waals surface area contributed by atoms with E-state index in [4.69, 9.17) is 18.9 Å². The molecule has 1 aromatic rings. The summed E-state index contributed by atoms with van der Waals surface area (Å²) in [6.07, 6.45) is 0. The standard InChI is InChI=1S/C13H23N3O4/c1-11-15-12(14-2)10-13(16-11)20-9-8-19-7-6-18-5-4-17-3/h10H,4-9H2,1-3H3,(H,14,15,16). The molecule has 7 heteroatoms. The summed E-state index contributed by atoms with van der Waals surface area (Å²) >= 11 is 0. The van der Waals surface area contributed by atoms with Crippen molar-refractivity contribution in [1.82, 2.24) is 9.97 Å². The number of nitrogens with zero attached hydrogens (tertiary/aromatic N) is 2. The van der Waals surface area contributed by atoms with Gasteiger partial charge < -0.3 is 24.3 Å². The minimum absolute atomic E-state index is 0.442. The lowest BCUT2D eigenvalue weighted by molar-refractivity contribution is 0.0176. The van der Waals surface area contributed by atoms with E-state index in [2.05, 4.69) is 15.3 Å². The highest BCUT2D eigenvalue weighted by Crippen LogP contribution is 2.12. The molecule has 1 rings (SSSR count). The molecule has 0 saturated heterocycles. The van der Waals surface area contributed by atoms with Crippen LogP contribution in [-0.2, 0) is 14.2 Å². The van der Waals surface area contributed by atoms with Crippen LogP contribution >= 0.6 is 0 Å². The Hall–Kier alpha value is -1.44. The van der Waals surface area contributed by atoms with Crippen molar-refractivity contribution in [3.8, 4) is 5.88 Å². The van der Waals surface area contributed by atoms with Crippen LogP contribution in [0.4, 0.5) is 5.82 Å². The van der Waals surface area contributed by atoms with E-state index in [1.165, 1.54) is 0 Å². The first-order chi connectivity index (χ1) is 9.76. The fraction of sp³-hybridized carbons (Fsp3) is 0.692. The lowest BCUT2D eigenvalue weighted by atomic mass is 10.5. The van der Waals surface area contributed by atoms with Crippen molar-refractivity contribution in [2.24, 2.45) is 0 Å². The van der Waals surface area contributed by atoms with Gasteiger partial charge in [-0.05, 0) is 6.92 Å². The van der Waals surface area contributed by atoms with Gasteiger partial charge in [0.15, 0.2) is 0 Å². The normalized spacial score (nSPS) is 10.6. The molecule has 0 bridgehead atoms. The number of aromatic nitrogens is 2. The van der Waals surface area contributed by atoms with Gasteiger partial charge in [0.25, 0.3) is 0 Å². The molecule has 0 atom stereocenters. The minimum Gasteiger partial charge on any atom is -0.475 e. The Morgan fingerprint density at radius 1 is 1.00 bits per heavy atom. The minimum atomic E-state index is 0.442. The van der Waals surface area contributed by atoms with E-state index in [0.717, 1.165) is 5.82 Å². The molecular formula is C13H23N3O4. The zero-order valence-corrected chi connectivity index (χ0v) is 12.3. The van der Waals surface area contributed by atoms with Gasteiger partial charge in [0.05, 0.1) is 33.0 Å². The maximum Gasteiger partial charge on any atom is 0.218 e. The number of rotatable bonds is 11. The molecule has 0 aliphatic rings. The molecule has 114 valence electrons. The van der Waals surface area contributed by atoms with E-state index in [9.17, 15) is 0 Å². The lowest BCUT2D eigenvalue weighted by Gasteiger charge is -2.08. The molecule has 0 fully saturated rings. The summed E-state index contributed by atoms with van der Waals surface area (Å²) in [5, 5.41) is 2.95. The molecule has 1 heterocycles. The number of methoxy groups -OCH3 is 1. The van der Waals surface area contributed by atoms with Gasteiger partial charge in [-0.1, -0.05) is 0 Å². The van der Waals surface area contributed by atoms with Crippen molar-refractivity contribution in [3.05, 3.63) is 11.9 Å². The van der Waals surface area contributed by atoms with E-state index >= 15 is 0 Å². The van der Waals surface area contributed by atoms with Crippen molar-refractivity contribution in [1.29, 1.82) is 0 Å². The van der Waals surface area contributed by atoms with E-state index in [1.807, 2.05) is 6.92 Å². The number of aryl methyl sites for hydroxylation is 1. The van der Waals surface area contributed by atoms with E-state index < -0.39 is 0 Å². The summed E-state index contributed by atoms with van der Waals surface area (Å²) in [5.74, 6) is 1.95. The molecule has 0 unspecified atom stereocenters. The van der Waals surface area contributed by atoms with Gasteiger partial charge in [0, 0.05) is 20.2 Å². The fourth-order valence-corrected chi connectivity index (χ4v) is 1.41. The average Bonchev–Trinajstić information content (AvgIpc) is 2.45. The lowest BCUT2D eigenvalue weighted by Crippen LogP contribution is -2.13. The predicted octanol–water partition coefficient (Wildman–Crippen LogP) is 0.885. The molecule has 0 aromatic carbocycles. The highest BCUT2D eigenvalue weighted by Gasteiger charge is 2.01. The molecule has 0 spiro atoms. The average molecular weight is 285 g/mol. The molecule has 20 heavy (non-hydrogen) atoms. The van der Waals surface area contributed by atoms with Gasteiger partial charge in [-0.3, -0.25) is 0 Å². The first-order valence-corrected chi connectivity index (χ1v) is 6.57. The number of hydrogen-bond acceptors (Lipinski definition) is 7.